The maximum Gasteiger partial charge on any atom is 0.224 e. The van der Waals surface area contributed by atoms with Gasteiger partial charge < -0.3 is 16.0 Å². The molecule has 0 saturated carbocycles. The number of carbonyl (C=O) groups is 1. The molecule has 1 aliphatic heterocycles. The first-order valence-electron chi connectivity index (χ1n) is 13.9. The van der Waals surface area contributed by atoms with Crippen molar-refractivity contribution >= 4 is 12.0 Å². The molecule has 1 atom stereocenters. The van der Waals surface area contributed by atoms with Crippen LogP contribution in [0.15, 0.2) is 91.0 Å². The van der Waals surface area contributed by atoms with Gasteiger partial charge in [0.05, 0.1) is 0 Å². The number of hydrogen-bond donors (Lipinski definition) is 3. The Labute approximate surface area is 229 Å². The summed E-state index contributed by atoms with van der Waals surface area (Å²) in [4.78, 5) is 12.9. The summed E-state index contributed by atoms with van der Waals surface area (Å²) in [7, 11) is 0. The van der Waals surface area contributed by atoms with Crippen LogP contribution < -0.4 is 16.0 Å². The Morgan fingerprint density at radius 1 is 0.868 bits per heavy atom. The molecule has 0 radical (unpaired) electrons. The molecule has 1 saturated heterocycles. The summed E-state index contributed by atoms with van der Waals surface area (Å²) in [6, 6.07) is 29.7. The van der Waals surface area contributed by atoms with Crippen LogP contribution in [-0.2, 0) is 11.2 Å². The van der Waals surface area contributed by atoms with E-state index in [0.717, 1.165) is 31.4 Å². The van der Waals surface area contributed by atoms with E-state index in [-0.39, 0.29) is 23.0 Å². The lowest BCUT2D eigenvalue weighted by Gasteiger charge is -2.47. The van der Waals surface area contributed by atoms with E-state index < -0.39 is 0 Å². The summed E-state index contributed by atoms with van der Waals surface area (Å²) in [6.45, 7) is 9.83. The molecule has 0 unspecified atom stereocenters. The molecular formula is C34H43N3O. The van der Waals surface area contributed by atoms with E-state index in [4.69, 9.17) is 0 Å². The van der Waals surface area contributed by atoms with E-state index in [0.29, 0.717) is 12.5 Å². The lowest BCUT2D eigenvalue weighted by molar-refractivity contribution is -0.120. The Balaban J connectivity index is 1.41. The minimum Gasteiger partial charge on any atom is -0.351 e. The predicted octanol–water partition coefficient (Wildman–Crippen LogP) is 6.38. The summed E-state index contributed by atoms with van der Waals surface area (Å²) in [5, 5.41) is 10.9. The van der Waals surface area contributed by atoms with Crippen LogP contribution in [0.25, 0.3) is 17.2 Å². The third-order valence-electron chi connectivity index (χ3n) is 7.16. The van der Waals surface area contributed by atoms with Crippen molar-refractivity contribution in [2.45, 2.75) is 76.5 Å². The van der Waals surface area contributed by atoms with Crippen molar-refractivity contribution in [3.63, 3.8) is 0 Å². The van der Waals surface area contributed by atoms with Crippen molar-refractivity contribution in [1.82, 2.24) is 16.0 Å². The molecule has 3 aromatic carbocycles. The zero-order valence-electron chi connectivity index (χ0n) is 23.3. The van der Waals surface area contributed by atoms with Crippen molar-refractivity contribution in [3.8, 4) is 11.1 Å². The second kappa shape index (κ2) is 12.6. The highest BCUT2D eigenvalue weighted by molar-refractivity contribution is 5.78. The van der Waals surface area contributed by atoms with Gasteiger partial charge >= 0.3 is 0 Å². The average molecular weight is 510 g/mol. The van der Waals surface area contributed by atoms with Gasteiger partial charge in [-0.25, -0.2) is 0 Å². The molecule has 200 valence electrons. The predicted molar refractivity (Wildman–Crippen MR) is 160 cm³/mol. The van der Waals surface area contributed by atoms with E-state index >= 15 is 0 Å². The van der Waals surface area contributed by atoms with E-state index in [2.05, 4.69) is 92.2 Å². The zero-order chi connectivity index (χ0) is 27.0. The number of carbonyl (C=O) groups excluding carboxylic acids is 1. The van der Waals surface area contributed by atoms with Crippen LogP contribution in [0.2, 0.25) is 0 Å². The van der Waals surface area contributed by atoms with E-state index in [1.165, 1.54) is 16.7 Å². The minimum absolute atomic E-state index is 0.0105. The van der Waals surface area contributed by atoms with Gasteiger partial charge in [-0.2, -0.15) is 0 Å². The van der Waals surface area contributed by atoms with Gasteiger partial charge in [-0.15, -0.1) is 0 Å². The van der Waals surface area contributed by atoms with Gasteiger partial charge in [0.2, 0.25) is 5.91 Å². The normalized spacial score (nSPS) is 17.8. The molecule has 3 aromatic rings. The number of rotatable bonds is 10. The highest BCUT2D eigenvalue weighted by atomic mass is 16.1. The van der Waals surface area contributed by atoms with Crippen molar-refractivity contribution in [2.24, 2.45) is 0 Å². The Bertz CT molecular complexity index is 1170. The highest BCUT2D eigenvalue weighted by Crippen LogP contribution is 2.28. The summed E-state index contributed by atoms with van der Waals surface area (Å²) in [5.41, 5.74) is 4.90. The van der Waals surface area contributed by atoms with Crippen molar-refractivity contribution in [1.29, 1.82) is 0 Å². The second-order valence-corrected chi connectivity index (χ2v) is 12.0. The molecule has 0 spiro atoms. The van der Waals surface area contributed by atoms with Crippen molar-refractivity contribution in [2.75, 3.05) is 6.54 Å². The fourth-order valence-corrected chi connectivity index (χ4v) is 5.85. The average Bonchev–Trinajstić information content (AvgIpc) is 2.87. The van der Waals surface area contributed by atoms with Gasteiger partial charge in [0.15, 0.2) is 0 Å². The van der Waals surface area contributed by atoms with Gasteiger partial charge in [-0.3, -0.25) is 4.79 Å². The van der Waals surface area contributed by atoms with Crippen LogP contribution >= 0.6 is 0 Å². The van der Waals surface area contributed by atoms with Crippen molar-refractivity contribution < 1.29 is 4.79 Å². The molecule has 4 nitrogen and oxygen atoms in total. The summed E-state index contributed by atoms with van der Waals surface area (Å²) in [5.74, 6) is 0.0517. The number of benzene rings is 3. The number of piperidine rings is 1. The van der Waals surface area contributed by atoms with Gasteiger partial charge in [-0.05, 0) is 69.2 Å². The van der Waals surface area contributed by atoms with Crippen LogP contribution in [0.5, 0.6) is 0 Å². The topological polar surface area (TPSA) is 53.2 Å². The SMILES string of the molecule is CC1(C)CC(NC[C@H](Cc2ccc(-c3ccccc3)cc2)NC(=O)C/C=C/c2ccccc2)CC(C)(C)N1. The molecule has 1 heterocycles. The first-order chi connectivity index (χ1) is 18.2. The standard InChI is InChI=1S/C34H43N3O/c1-33(2)23-31(24-34(3,4)37-33)35-25-30(36-32(38)17-11-14-26-12-7-5-8-13-26)22-27-18-20-29(21-19-27)28-15-9-6-10-16-28/h5-16,18-21,30-31,35,37H,17,22-25H2,1-4H3,(H,36,38)/b14-11+/t30-/m0/s1. The molecule has 4 rings (SSSR count). The minimum atomic E-state index is 0.0105. The Morgan fingerprint density at radius 2 is 1.45 bits per heavy atom. The Hall–Kier alpha value is -3.21. The summed E-state index contributed by atoms with van der Waals surface area (Å²) >= 11 is 0. The first kappa shape index (κ1) is 27.8. The van der Waals surface area contributed by atoms with Gasteiger partial charge in [-0.1, -0.05) is 97.1 Å². The highest BCUT2D eigenvalue weighted by Gasteiger charge is 2.37. The molecule has 1 fully saturated rings. The zero-order valence-corrected chi connectivity index (χ0v) is 23.3. The van der Waals surface area contributed by atoms with E-state index in [9.17, 15) is 4.79 Å². The number of amides is 1. The lowest BCUT2D eigenvalue weighted by atomic mass is 9.79. The second-order valence-electron chi connectivity index (χ2n) is 12.0. The summed E-state index contributed by atoms with van der Waals surface area (Å²) in [6.07, 6.45) is 7.22. The maximum atomic E-state index is 12.9. The molecule has 3 N–H and O–H groups in total. The van der Waals surface area contributed by atoms with E-state index in [1.807, 2.05) is 48.6 Å². The molecule has 0 aliphatic carbocycles. The molecule has 1 amide bonds. The molecule has 38 heavy (non-hydrogen) atoms. The molecule has 0 bridgehead atoms. The Kier molecular flexibility index (Phi) is 9.19. The third-order valence-corrected chi connectivity index (χ3v) is 7.16. The van der Waals surface area contributed by atoms with Crippen molar-refractivity contribution in [3.05, 3.63) is 102 Å². The van der Waals surface area contributed by atoms with Crippen LogP contribution in [-0.4, -0.2) is 35.6 Å². The lowest BCUT2D eigenvalue weighted by Crippen LogP contribution is -2.62. The molecule has 1 aliphatic rings. The van der Waals surface area contributed by atoms with Crippen LogP contribution in [0.1, 0.15) is 58.1 Å². The number of hydrogen-bond acceptors (Lipinski definition) is 3. The fourth-order valence-electron chi connectivity index (χ4n) is 5.85. The smallest absolute Gasteiger partial charge is 0.224 e. The van der Waals surface area contributed by atoms with Crippen LogP contribution in [0.4, 0.5) is 0 Å². The van der Waals surface area contributed by atoms with Gasteiger partial charge in [0.25, 0.3) is 0 Å². The summed E-state index contributed by atoms with van der Waals surface area (Å²) < 4.78 is 0. The third kappa shape index (κ3) is 8.68. The van der Waals surface area contributed by atoms with Crippen LogP contribution in [0, 0.1) is 0 Å². The van der Waals surface area contributed by atoms with Crippen LogP contribution in [0.3, 0.4) is 0 Å². The van der Waals surface area contributed by atoms with Gasteiger partial charge in [0, 0.05) is 36.1 Å². The largest absolute Gasteiger partial charge is 0.351 e. The fraction of sp³-hybridized carbons (Fsp3) is 0.382. The Morgan fingerprint density at radius 3 is 2.08 bits per heavy atom. The molecule has 0 aromatic heterocycles. The van der Waals surface area contributed by atoms with E-state index in [1.54, 1.807) is 0 Å². The van der Waals surface area contributed by atoms with Gasteiger partial charge in [0.1, 0.15) is 0 Å². The molecule has 4 heteroatoms. The molecular weight excluding hydrogens is 466 g/mol. The number of nitrogens with one attached hydrogen (secondary N) is 3. The first-order valence-corrected chi connectivity index (χ1v) is 13.9. The maximum absolute atomic E-state index is 12.9. The quantitative estimate of drug-likeness (QED) is 0.297. The monoisotopic (exact) mass is 509 g/mol.